The number of aromatic nitrogens is 1. The summed E-state index contributed by atoms with van der Waals surface area (Å²) in [6, 6.07) is 22.9. The second-order valence-corrected chi connectivity index (χ2v) is 9.47. The van der Waals surface area contributed by atoms with Gasteiger partial charge in [0.05, 0.1) is 12.3 Å². The maximum Gasteiger partial charge on any atom is 0.268 e. The van der Waals surface area contributed by atoms with Crippen molar-refractivity contribution in [3.63, 3.8) is 0 Å². The molecule has 0 saturated heterocycles. The molecule has 0 radical (unpaired) electrons. The lowest BCUT2D eigenvalue weighted by molar-refractivity contribution is -0.112. The molecule has 4 aromatic rings. The molecule has 1 N–H and O–H groups in total. The number of carbonyl (C=O) groups excluding carboxylic acids is 1. The molecule has 1 amide bonds. The Labute approximate surface area is 232 Å². The maximum absolute atomic E-state index is 12.8. The van der Waals surface area contributed by atoms with E-state index in [1.54, 1.807) is 18.2 Å². The van der Waals surface area contributed by atoms with Crippen molar-refractivity contribution in [2.75, 3.05) is 25.1 Å². The van der Waals surface area contributed by atoms with Gasteiger partial charge in [0.2, 0.25) is 0 Å². The van der Waals surface area contributed by atoms with Gasteiger partial charge in [0, 0.05) is 10.9 Å². The summed E-state index contributed by atoms with van der Waals surface area (Å²) in [5.74, 6) is 1.33. The fourth-order valence-corrected chi connectivity index (χ4v) is 4.38. The normalized spacial score (nSPS) is 11.0. The first-order valence-electron chi connectivity index (χ1n) is 12.5. The molecular formula is C31H29N3O4S. The summed E-state index contributed by atoms with van der Waals surface area (Å²) in [5.41, 5.74) is 4.68. The highest BCUT2D eigenvalue weighted by molar-refractivity contribution is 7.14. The number of nitriles is 1. The van der Waals surface area contributed by atoms with Crippen LogP contribution < -0.4 is 19.5 Å². The van der Waals surface area contributed by atoms with Gasteiger partial charge >= 0.3 is 0 Å². The summed E-state index contributed by atoms with van der Waals surface area (Å²) in [7, 11) is 0. The zero-order valence-electron chi connectivity index (χ0n) is 22.1. The largest absolute Gasteiger partial charge is 0.490 e. The molecular weight excluding hydrogens is 510 g/mol. The van der Waals surface area contributed by atoms with Crippen LogP contribution >= 0.6 is 11.3 Å². The van der Waals surface area contributed by atoms with Crippen LogP contribution in [0.5, 0.6) is 17.2 Å². The molecule has 7 nitrogen and oxygen atoms in total. The number of aryl methyl sites for hydroxylation is 2. The molecule has 198 valence electrons. The van der Waals surface area contributed by atoms with Crippen LogP contribution in [0.15, 0.2) is 77.7 Å². The summed E-state index contributed by atoms with van der Waals surface area (Å²) < 4.78 is 17.4. The smallest absolute Gasteiger partial charge is 0.268 e. The third-order valence-corrected chi connectivity index (χ3v) is 6.58. The maximum atomic E-state index is 12.8. The third kappa shape index (κ3) is 7.46. The summed E-state index contributed by atoms with van der Waals surface area (Å²) >= 11 is 1.30. The van der Waals surface area contributed by atoms with Gasteiger partial charge in [-0.15, -0.1) is 11.3 Å². The van der Waals surface area contributed by atoms with Crippen LogP contribution in [0.3, 0.4) is 0 Å². The van der Waals surface area contributed by atoms with Crippen LogP contribution in [0.4, 0.5) is 5.13 Å². The van der Waals surface area contributed by atoms with Gasteiger partial charge in [-0.05, 0) is 67.8 Å². The number of hydrogen-bond acceptors (Lipinski definition) is 7. The van der Waals surface area contributed by atoms with Crippen molar-refractivity contribution in [1.82, 2.24) is 4.98 Å². The van der Waals surface area contributed by atoms with Crippen molar-refractivity contribution >= 4 is 28.5 Å². The minimum absolute atomic E-state index is 0.0515. The molecule has 8 heteroatoms. The highest BCUT2D eigenvalue weighted by Crippen LogP contribution is 2.30. The predicted molar refractivity (Wildman–Crippen MR) is 154 cm³/mol. The van der Waals surface area contributed by atoms with Crippen molar-refractivity contribution in [1.29, 1.82) is 5.26 Å². The molecule has 1 aromatic heterocycles. The number of ether oxygens (including phenoxy) is 3. The average molecular weight is 540 g/mol. The van der Waals surface area contributed by atoms with Crippen LogP contribution in [0.2, 0.25) is 0 Å². The zero-order chi connectivity index (χ0) is 27.6. The van der Waals surface area contributed by atoms with Gasteiger partial charge in [-0.2, -0.15) is 5.26 Å². The van der Waals surface area contributed by atoms with Crippen LogP contribution in [0, 0.1) is 25.2 Å². The second kappa shape index (κ2) is 13.3. The molecule has 3 aromatic carbocycles. The van der Waals surface area contributed by atoms with E-state index >= 15 is 0 Å². The SMILES string of the molecule is CCOc1cc(/C=C(/C#N)C(=O)Nc2nc(-c3ccccc3)cs2)ccc1OCCOc1ccc(C)c(C)c1. The Kier molecular flexibility index (Phi) is 9.33. The Bertz CT molecular complexity index is 1510. The minimum atomic E-state index is -0.534. The minimum Gasteiger partial charge on any atom is -0.490 e. The molecule has 1 heterocycles. The van der Waals surface area contributed by atoms with E-state index in [2.05, 4.69) is 17.2 Å². The number of anilines is 1. The quantitative estimate of drug-likeness (QED) is 0.128. The zero-order valence-corrected chi connectivity index (χ0v) is 22.9. The van der Waals surface area contributed by atoms with Gasteiger partial charge in [0.15, 0.2) is 16.6 Å². The summed E-state index contributed by atoms with van der Waals surface area (Å²) in [5, 5.41) is 14.6. The van der Waals surface area contributed by atoms with Crippen LogP contribution in [-0.2, 0) is 4.79 Å². The molecule has 0 atom stereocenters. The molecule has 0 aliphatic rings. The number of carbonyl (C=O) groups is 1. The number of hydrogen-bond donors (Lipinski definition) is 1. The highest BCUT2D eigenvalue weighted by atomic mass is 32.1. The lowest BCUT2D eigenvalue weighted by atomic mass is 10.1. The van der Waals surface area contributed by atoms with Crippen molar-refractivity contribution in [3.05, 3.63) is 94.4 Å². The molecule has 4 rings (SSSR count). The second-order valence-electron chi connectivity index (χ2n) is 8.61. The molecule has 0 aliphatic carbocycles. The molecule has 0 spiro atoms. The van der Waals surface area contributed by atoms with Crippen molar-refractivity contribution in [2.45, 2.75) is 20.8 Å². The number of nitrogens with one attached hydrogen (secondary N) is 1. The third-order valence-electron chi connectivity index (χ3n) is 5.83. The molecule has 0 bridgehead atoms. The fourth-order valence-electron chi connectivity index (χ4n) is 3.67. The Morgan fingerprint density at radius 2 is 1.77 bits per heavy atom. The number of nitrogens with zero attached hydrogens (tertiary/aromatic N) is 2. The van der Waals surface area contributed by atoms with Crippen LogP contribution in [-0.4, -0.2) is 30.7 Å². The van der Waals surface area contributed by atoms with Gasteiger partial charge in [-0.25, -0.2) is 4.98 Å². The van der Waals surface area contributed by atoms with Gasteiger partial charge in [-0.1, -0.05) is 42.5 Å². The highest BCUT2D eigenvalue weighted by Gasteiger charge is 2.14. The number of rotatable bonds is 11. The molecule has 0 fully saturated rings. The van der Waals surface area contributed by atoms with Gasteiger partial charge < -0.3 is 14.2 Å². The van der Waals surface area contributed by atoms with Gasteiger partial charge in [0.25, 0.3) is 5.91 Å². The number of amides is 1. The number of benzene rings is 3. The van der Waals surface area contributed by atoms with E-state index in [1.807, 2.05) is 73.8 Å². The standard InChI is InChI=1S/C31H29N3O4S/c1-4-36-29-18-23(11-13-28(29)38-15-14-37-26-12-10-21(2)22(3)16-26)17-25(19-32)30(35)34-31-33-27(20-39-31)24-8-6-5-7-9-24/h5-13,16-18,20H,4,14-15H2,1-3H3,(H,33,34,35)/b25-17-. The average Bonchev–Trinajstić information content (AvgIpc) is 3.41. The molecule has 0 unspecified atom stereocenters. The van der Waals surface area contributed by atoms with Gasteiger partial charge in [-0.3, -0.25) is 10.1 Å². The van der Waals surface area contributed by atoms with E-state index in [1.165, 1.54) is 28.5 Å². The van der Waals surface area contributed by atoms with Crippen LogP contribution in [0.25, 0.3) is 17.3 Å². The predicted octanol–water partition coefficient (Wildman–Crippen LogP) is 6.83. The molecule has 0 saturated carbocycles. The first-order valence-corrected chi connectivity index (χ1v) is 13.4. The first kappa shape index (κ1) is 27.4. The van der Waals surface area contributed by atoms with E-state index in [4.69, 9.17) is 14.2 Å². The summed E-state index contributed by atoms with van der Waals surface area (Å²) in [4.78, 5) is 17.3. The summed E-state index contributed by atoms with van der Waals surface area (Å²) in [6.07, 6.45) is 1.51. The van der Waals surface area contributed by atoms with Crippen molar-refractivity contribution in [3.8, 4) is 34.6 Å². The van der Waals surface area contributed by atoms with Crippen molar-refractivity contribution < 1.29 is 19.0 Å². The van der Waals surface area contributed by atoms with E-state index in [9.17, 15) is 10.1 Å². The van der Waals surface area contributed by atoms with Crippen LogP contribution in [0.1, 0.15) is 23.6 Å². The Balaban J connectivity index is 1.40. The van der Waals surface area contributed by atoms with E-state index in [0.717, 1.165) is 17.0 Å². The van der Waals surface area contributed by atoms with E-state index in [-0.39, 0.29) is 5.57 Å². The van der Waals surface area contributed by atoms with E-state index in [0.29, 0.717) is 42.0 Å². The molecule has 0 aliphatic heterocycles. The fraction of sp³-hybridized carbons (Fsp3) is 0.194. The first-order chi connectivity index (χ1) is 19.0. The summed E-state index contributed by atoms with van der Waals surface area (Å²) in [6.45, 7) is 7.11. The molecule has 39 heavy (non-hydrogen) atoms. The Morgan fingerprint density at radius 3 is 2.51 bits per heavy atom. The Hall–Kier alpha value is -4.61. The van der Waals surface area contributed by atoms with E-state index < -0.39 is 5.91 Å². The topological polar surface area (TPSA) is 93.5 Å². The monoisotopic (exact) mass is 539 g/mol. The lowest BCUT2D eigenvalue weighted by Gasteiger charge is -2.13. The van der Waals surface area contributed by atoms with Gasteiger partial charge in [0.1, 0.15) is 30.6 Å². The van der Waals surface area contributed by atoms with Crippen molar-refractivity contribution in [2.24, 2.45) is 0 Å². The number of thiazole rings is 1. The lowest BCUT2D eigenvalue weighted by Crippen LogP contribution is -2.13. The Morgan fingerprint density at radius 1 is 0.974 bits per heavy atom.